The Morgan fingerprint density at radius 3 is 2.00 bits per heavy atom. The zero-order valence-corrected chi connectivity index (χ0v) is 8.57. The van der Waals surface area contributed by atoms with Crippen molar-refractivity contribution in [2.45, 2.75) is 26.4 Å². The molecule has 0 saturated carbocycles. The van der Waals surface area contributed by atoms with Gasteiger partial charge < -0.3 is 10.5 Å². The normalized spacial score (nSPS) is 11.1. The molecule has 1 aliphatic heterocycles. The van der Waals surface area contributed by atoms with Crippen LogP contribution in [-0.4, -0.2) is 16.7 Å². The third kappa shape index (κ3) is 3.05. The minimum absolute atomic E-state index is 0.453. The fourth-order valence-corrected chi connectivity index (χ4v) is 0.856. The SMILES string of the molecule is CC(C)(C)OC(N)=O.c1cc2ncc1-2. The van der Waals surface area contributed by atoms with Crippen LogP contribution >= 0.6 is 0 Å². The minimum Gasteiger partial charge on any atom is -0.444 e. The van der Waals surface area contributed by atoms with Gasteiger partial charge in [0, 0.05) is 11.8 Å². The topological polar surface area (TPSA) is 65.2 Å². The maximum Gasteiger partial charge on any atom is 0.405 e. The zero-order valence-electron chi connectivity index (χ0n) is 8.57. The van der Waals surface area contributed by atoms with E-state index in [9.17, 15) is 4.79 Å². The Morgan fingerprint density at radius 1 is 1.43 bits per heavy atom. The summed E-state index contributed by atoms with van der Waals surface area (Å²) in [6.07, 6.45) is 1.15. The molecule has 4 heteroatoms. The van der Waals surface area contributed by atoms with E-state index in [4.69, 9.17) is 5.73 Å². The first-order valence-electron chi connectivity index (χ1n) is 4.33. The Kier molecular flexibility index (Phi) is 2.74. The number of carbonyl (C=O) groups is 1. The predicted molar refractivity (Wildman–Crippen MR) is 53.7 cm³/mol. The Labute approximate surface area is 83.1 Å². The fourth-order valence-electron chi connectivity index (χ4n) is 0.856. The Bertz CT molecular complexity index is 304. The molecule has 0 fully saturated rings. The van der Waals surface area contributed by atoms with Crippen LogP contribution in [-0.2, 0) is 4.74 Å². The number of carbonyl (C=O) groups excluding carboxylic acids is 1. The molecule has 14 heavy (non-hydrogen) atoms. The molecule has 0 spiro atoms. The fraction of sp³-hybridized carbons (Fsp3) is 0.400. The van der Waals surface area contributed by atoms with Crippen molar-refractivity contribution >= 4 is 6.09 Å². The van der Waals surface area contributed by atoms with Crippen molar-refractivity contribution in [3.63, 3.8) is 0 Å². The van der Waals surface area contributed by atoms with Crippen LogP contribution in [0.2, 0.25) is 0 Å². The highest BCUT2D eigenvalue weighted by Gasteiger charge is 2.12. The second kappa shape index (κ2) is 3.65. The number of fused-ring (bicyclic) bond motifs is 1. The van der Waals surface area contributed by atoms with Crippen molar-refractivity contribution in [3.05, 3.63) is 18.3 Å². The van der Waals surface area contributed by atoms with Crippen molar-refractivity contribution in [2.24, 2.45) is 5.73 Å². The number of hydrogen-bond acceptors (Lipinski definition) is 3. The van der Waals surface area contributed by atoms with Crippen molar-refractivity contribution in [3.8, 4) is 11.3 Å². The van der Waals surface area contributed by atoms with E-state index < -0.39 is 11.7 Å². The van der Waals surface area contributed by atoms with E-state index in [1.54, 1.807) is 20.8 Å². The minimum atomic E-state index is -0.725. The molecule has 1 heterocycles. The number of pyridine rings is 1. The second-order valence-electron chi connectivity index (χ2n) is 3.97. The molecule has 0 unspecified atom stereocenters. The van der Waals surface area contributed by atoms with Gasteiger partial charge in [-0.15, -0.1) is 0 Å². The molecule has 2 rings (SSSR count). The van der Waals surface area contributed by atoms with Crippen LogP contribution in [0, 0.1) is 0 Å². The highest BCUT2D eigenvalue weighted by Crippen LogP contribution is 2.25. The maximum absolute atomic E-state index is 10.0. The van der Waals surface area contributed by atoms with Crippen LogP contribution in [0.4, 0.5) is 4.79 Å². The van der Waals surface area contributed by atoms with Gasteiger partial charge in [-0.3, -0.25) is 4.98 Å². The average molecular weight is 194 g/mol. The first-order valence-corrected chi connectivity index (χ1v) is 4.33. The van der Waals surface area contributed by atoms with Gasteiger partial charge in [-0.2, -0.15) is 0 Å². The van der Waals surface area contributed by atoms with Gasteiger partial charge in [-0.25, -0.2) is 4.79 Å². The summed E-state index contributed by atoms with van der Waals surface area (Å²) in [5.74, 6) is 0. The lowest BCUT2D eigenvalue weighted by molar-refractivity contribution is 0.0600. The van der Waals surface area contributed by atoms with Gasteiger partial charge in [0.05, 0.1) is 5.69 Å². The molecule has 4 nitrogen and oxygen atoms in total. The standard InChI is InChI=1S/C5H11NO2.C5H3N/c1-5(2,3)8-4(6)7;1-2-5-4(1)3-6-5/h1-3H3,(H2,6,7);1-3H. The van der Waals surface area contributed by atoms with E-state index in [2.05, 4.69) is 15.8 Å². The van der Waals surface area contributed by atoms with Crippen molar-refractivity contribution in [2.75, 3.05) is 0 Å². The molecule has 0 aromatic rings. The van der Waals surface area contributed by atoms with Crippen LogP contribution in [0.25, 0.3) is 11.3 Å². The number of amides is 1. The first kappa shape index (κ1) is 10.5. The summed E-state index contributed by atoms with van der Waals surface area (Å²) < 4.78 is 4.58. The van der Waals surface area contributed by atoms with Gasteiger partial charge in [0.25, 0.3) is 0 Å². The highest BCUT2D eigenvalue weighted by molar-refractivity contribution is 5.68. The molecule has 76 valence electrons. The van der Waals surface area contributed by atoms with Gasteiger partial charge in [0.2, 0.25) is 0 Å². The molecule has 1 aliphatic carbocycles. The largest absolute Gasteiger partial charge is 0.444 e. The van der Waals surface area contributed by atoms with Crippen LogP contribution in [0.5, 0.6) is 0 Å². The number of primary amides is 1. The summed E-state index contributed by atoms with van der Waals surface area (Å²) in [4.78, 5) is 13.9. The molecular weight excluding hydrogens is 180 g/mol. The van der Waals surface area contributed by atoms with Gasteiger partial charge in [-0.05, 0) is 32.9 Å². The van der Waals surface area contributed by atoms with Crippen LogP contribution in [0.1, 0.15) is 20.8 Å². The van der Waals surface area contributed by atoms with Crippen LogP contribution in [0.15, 0.2) is 18.3 Å². The van der Waals surface area contributed by atoms with Crippen molar-refractivity contribution in [1.29, 1.82) is 0 Å². The number of aromatic nitrogens is 1. The highest BCUT2D eigenvalue weighted by atomic mass is 16.6. The van der Waals surface area contributed by atoms with E-state index in [1.165, 1.54) is 11.3 Å². The Balaban J connectivity index is 0.000000143. The number of hydrogen-bond donors (Lipinski definition) is 1. The van der Waals surface area contributed by atoms with Gasteiger partial charge in [0.15, 0.2) is 0 Å². The summed E-state index contributed by atoms with van der Waals surface area (Å²) in [6.45, 7) is 5.28. The Morgan fingerprint density at radius 2 is 2.00 bits per heavy atom. The average Bonchev–Trinajstić information content (AvgIpc) is 1.92. The summed E-state index contributed by atoms with van der Waals surface area (Å²) in [5.41, 5.74) is 6.76. The van der Waals surface area contributed by atoms with Crippen LogP contribution < -0.4 is 5.73 Å². The maximum atomic E-state index is 10.0. The van der Waals surface area contributed by atoms with E-state index in [0.29, 0.717) is 0 Å². The molecule has 0 aromatic heterocycles. The molecule has 0 aromatic carbocycles. The third-order valence-corrected chi connectivity index (χ3v) is 1.47. The summed E-state index contributed by atoms with van der Waals surface area (Å²) in [6, 6.07) is 4.07. The summed E-state index contributed by atoms with van der Waals surface area (Å²) >= 11 is 0. The van der Waals surface area contributed by atoms with Crippen molar-refractivity contribution in [1.82, 2.24) is 4.98 Å². The number of nitrogens with two attached hydrogens (primary N) is 1. The molecule has 2 N–H and O–H groups in total. The van der Waals surface area contributed by atoms with Crippen molar-refractivity contribution < 1.29 is 9.53 Å². The molecular formula is C10H14N2O2. The smallest absolute Gasteiger partial charge is 0.405 e. The molecule has 2 aliphatic rings. The van der Waals surface area contributed by atoms with E-state index >= 15 is 0 Å². The lowest BCUT2D eigenvalue weighted by Crippen LogP contribution is -2.27. The lowest BCUT2D eigenvalue weighted by Gasteiger charge is -2.16. The second-order valence-corrected chi connectivity index (χ2v) is 3.97. The van der Waals surface area contributed by atoms with Crippen LogP contribution in [0.3, 0.4) is 0 Å². The summed E-state index contributed by atoms with van der Waals surface area (Å²) in [5, 5.41) is 0. The number of rotatable bonds is 0. The van der Waals surface area contributed by atoms with Gasteiger partial charge in [0.1, 0.15) is 5.60 Å². The summed E-state index contributed by atoms with van der Waals surface area (Å²) in [7, 11) is 0. The Hall–Kier alpha value is -1.58. The molecule has 0 bridgehead atoms. The van der Waals surface area contributed by atoms with Gasteiger partial charge in [-0.1, -0.05) is 0 Å². The van der Waals surface area contributed by atoms with E-state index in [1.807, 2.05) is 12.3 Å². The molecule has 0 atom stereocenters. The van der Waals surface area contributed by atoms with E-state index in [-0.39, 0.29) is 0 Å². The first-order chi connectivity index (χ1) is 6.38. The third-order valence-electron chi connectivity index (χ3n) is 1.47. The molecule has 1 amide bonds. The number of ether oxygens (including phenoxy) is 1. The quantitative estimate of drug-likeness (QED) is 0.697. The predicted octanol–water partition coefficient (Wildman–Crippen LogP) is 1.94. The molecule has 0 saturated heterocycles. The monoisotopic (exact) mass is 194 g/mol. The lowest BCUT2D eigenvalue weighted by atomic mass is 10.1. The van der Waals surface area contributed by atoms with E-state index in [0.717, 1.165) is 0 Å². The zero-order chi connectivity index (χ0) is 10.8. The molecule has 0 radical (unpaired) electrons. The number of nitrogens with zero attached hydrogens (tertiary/aromatic N) is 1. The van der Waals surface area contributed by atoms with Gasteiger partial charge >= 0.3 is 6.09 Å².